The maximum absolute atomic E-state index is 5.94. The second-order valence-electron chi connectivity index (χ2n) is 5.72. The number of benzene rings is 1. The van der Waals surface area contributed by atoms with Crippen LogP contribution < -0.4 is 5.32 Å². The van der Waals surface area contributed by atoms with Crippen LogP contribution in [0.3, 0.4) is 0 Å². The summed E-state index contributed by atoms with van der Waals surface area (Å²) < 4.78 is 5.78. The first-order valence-corrected chi connectivity index (χ1v) is 8.27. The molecule has 122 valence electrons. The Morgan fingerprint density at radius 2 is 1.96 bits per heavy atom. The Morgan fingerprint density at radius 3 is 2.71 bits per heavy atom. The summed E-state index contributed by atoms with van der Waals surface area (Å²) in [5.41, 5.74) is 5.02. The van der Waals surface area contributed by atoms with Crippen molar-refractivity contribution in [3.63, 3.8) is 0 Å². The van der Waals surface area contributed by atoms with Gasteiger partial charge in [-0.3, -0.25) is 5.10 Å². The van der Waals surface area contributed by atoms with Crippen molar-refractivity contribution in [3.8, 4) is 22.5 Å². The zero-order valence-electron chi connectivity index (χ0n) is 13.0. The molecule has 5 nitrogen and oxygen atoms in total. The molecule has 1 unspecified atom stereocenters. The number of H-pyrrole nitrogens is 1. The molecule has 0 spiro atoms. The van der Waals surface area contributed by atoms with E-state index in [0.717, 1.165) is 42.2 Å². The molecule has 0 bridgehead atoms. The van der Waals surface area contributed by atoms with Gasteiger partial charge in [0.2, 0.25) is 0 Å². The van der Waals surface area contributed by atoms with Gasteiger partial charge in [-0.25, -0.2) is 4.98 Å². The van der Waals surface area contributed by atoms with E-state index in [1.807, 2.05) is 12.1 Å². The van der Waals surface area contributed by atoms with Gasteiger partial charge in [0.05, 0.1) is 24.1 Å². The van der Waals surface area contributed by atoms with E-state index < -0.39 is 0 Å². The van der Waals surface area contributed by atoms with Crippen molar-refractivity contribution in [2.75, 3.05) is 19.7 Å². The minimum absolute atomic E-state index is 0.129. The monoisotopic (exact) mass is 340 g/mol. The number of rotatable bonds is 3. The van der Waals surface area contributed by atoms with Gasteiger partial charge in [0.25, 0.3) is 0 Å². The van der Waals surface area contributed by atoms with Gasteiger partial charge in [-0.1, -0.05) is 35.9 Å². The van der Waals surface area contributed by atoms with Gasteiger partial charge in [-0.05, 0) is 29.3 Å². The minimum atomic E-state index is 0.129. The summed E-state index contributed by atoms with van der Waals surface area (Å²) in [4.78, 5) is 3.99. The average molecular weight is 341 g/mol. The van der Waals surface area contributed by atoms with Gasteiger partial charge in [0, 0.05) is 24.8 Å². The van der Waals surface area contributed by atoms with Crippen LogP contribution in [0, 0.1) is 0 Å². The van der Waals surface area contributed by atoms with E-state index in [1.165, 1.54) is 5.56 Å². The lowest BCUT2D eigenvalue weighted by Crippen LogP contribution is -2.33. The third-order valence-electron chi connectivity index (χ3n) is 4.12. The van der Waals surface area contributed by atoms with Crippen molar-refractivity contribution in [2.45, 2.75) is 6.10 Å². The van der Waals surface area contributed by atoms with Crippen molar-refractivity contribution in [1.82, 2.24) is 20.5 Å². The Morgan fingerprint density at radius 1 is 1.08 bits per heavy atom. The molecule has 1 saturated heterocycles. The molecule has 0 radical (unpaired) electrons. The number of aromatic amines is 1. The zero-order chi connectivity index (χ0) is 16.4. The molecule has 2 N–H and O–H groups in total. The molecule has 1 aromatic carbocycles. The first-order valence-electron chi connectivity index (χ1n) is 7.89. The number of hydrogen-bond acceptors (Lipinski definition) is 4. The van der Waals surface area contributed by atoms with E-state index in [2.05, 4.69) is 44.8 Å². The summed E-state index contributed by atoms with van der Waals surface area (Å²) >= 11 is 5.94. The first-order chi connectivity index (χ1) is 11.8. The average Bonchev–Trinajstić information content (AvgIpc) is 3.13. The van der Waals surface area contributed by atoms with Crippen molar-refractivity contribution in [1.29, 1.82) is 0 Å². The van der Waals surface area contributed by atoms with Crippen molar-refractivity contribution in [2.24, 2.45) is 0 Å². The van der Waals surface area contributed by atoms with Crippen LogP contribution in [-0.4, -0.2) is 34.9 Å². The number of nitrogens with one attached hydrogen (secondary N) is 2. The quantitative estimate of drug-likeness (QED) is 0.717. The Balaban J connectivity index is 1.56. The molecule has 3 heterocycles. The highest BCUT2D eigenvalue weighted by Gasteiger charge is 2.15. The second-order valence-corrected chi connectivity index (χ2v) is 6.11. The lowest BCUT2D eigenvalue weighted by Gasteiger charge is -2.24. The predicted molar refractivity (Wildman–Crippen MR) is 93.8 cm³/mol. The van der Waals surface area contributed by atoms with E-state index in [-0.39, 0.29) is 6.10 Å². The van der Waals surface area contributed by atoms with Gasteiger partial charge in [0.1, 0.15) is 5.15 Å². The largest absolute Gasteiger partial charge is 0.371 e. The molecule has 24 heavy (non-hydrogen) atoms. The predicted octanol–water partition coefficient (Wildman–Crippen LogP) is 3.45. The van der Waals surface area contributed by atoms with Crippen LogP contribution in [0.5, 0.6) is 0 Å². The topological polar surface area (TPSA) is 62.8 Å². The van der Waals surface area contributed by atoms with Crippen molar-refractivity contribution < 1.29 is 4.74 Å². The number of morpholine rings is 1. The molecule has 0 amide bonds. The summed E-state index contributed by atoms with van der Waals surface area (Å²) in [6.45, 7) is 2.53. The molecule has 0 aliphatic carbocycles. The summed E-state index contributed by atoms with van der Waals surface area (Å²) in [5.74, 6) is 0. The SMILES string of the molecule is Clc1cc(-c2cc(-c3ccc(C4CNCCO4)cc3)[nH]n2)ccn1. The number of hydrogen-bond donors (Lipinski definition) is 2. The molecule has 4 rings (SSSR count). The summed E-state index contributed by atoms with van der Waals surface area (Å²) in [6, 6.07) is 14.1. The Labute approximate surface area is 145 Å². The van der Waals surface area contributed by atoms with Gasteiger partial charge in [-0.2, -0.15) is 5.10 Å². The number of halogens is 1. The fourth-order valence-electron chi connectivity index (χ4n) is 2.84. The maximum atomic E-state index is 5.94. The smallest absolute Gasteiger partial charge is 0.129 e. The van der Waals surface area contributed by atoms with Gasteiger partial charge in [-0.15, -0.1) is 0 Å². The van der Waals surface area contributed by atoms with Gasteiger partial charge < -0.3 is 10.1 Å². The number of pyridine rings is 1. The van der Waals surface area contributed by atoms with E-state index in [0.29, 0.717) is 5.15 Å². The van der Waals surface area contributed by atoms with E-state index in [1.54, 1.807) is 12.3 Å². The van der Waals surface area contributed by atoms with Crippen molar-refractivity contribution >= 4 is 11.6 Å². The van der Waals surface area contributed by atoms with Crippen LogP contribution in [0.4, 0.5) is 0 Å². The number of ether oxygens (including phenoxy) is 1. The Kier molecular flexibility index (Phi) is 4.30. The molecule has 1 atom stereocenters. The molecule has 1 aliphatic rings. The lowest BCUT2D eigenvalue weighted by atomic mass is 10.0. The molecule has 6 heteroatoms. The molecular formula is C18H17ClN4O. The fourth-order valence-corrected chi connectivity index (χ4v) is 3.01. The zero-order valence-corrected chi connectivity index (χ0v) is 13.8. The second kappa shape index (κ2) is 6.73. The highest BCUT2D eigenvalue weighted by Crippen LogP contribution is 2.26. The number of nitrogens with zero attached hydrogens (tertiary/aromatic N) is 2. The Hall–Kier alpha value is -2.21. The molecule has 0 saturated carbocycles. The summed E-state index contributed by atoms with van der Waals surface area (Å²) in [6.07, 6.45) is 1.81. The fraction of sp³-hybridized carbons (Fsp3) is 0.222. The standard InChI is InChI=1S/C18H17ClN4O/c19-18-9-14(5-6-21-18)16-10-15(22-23-16)12-1-3-13(4-2-12)17-11-20-7-8-24-17/h1-6,9-10,17,20H,7-8,11H2,(H,22,23). The molecular weight excluding hydrogens is 324 g/mol. The molecule has 2 aromatic heterocycles. The van der Waals surface area contributed by atoms with Crippen LogP contribution in [-0.2, 0) is 4.74 Å². The third kappa shape index (κ3) is 3.19. The molecule has 1 aliphatic heterocycles. The third-order valence-corrected chi connectivity index (χ3v) is 4.33. The summed E-state index contributed by atoms with van der Waals surface area (Å²) in [7, 11) is 0. The number of aromatic nitrogens is 3. The van der Waals surface area contributed by atoms with Crippen LogP contribution >= 0.6 is 11.6 Å². The van der Waals surface area contributed by atoms with Gasteiger partial charge in [0.15, 0.2) is 0 Å². The maximum Gasteiger partial charge on any atom is 0.129 e. The molecule has 3 aromatic rings. The van der Waals surface area contributed by atoms with Crippen LogP contribution in [0.25, 0.3) is 22.5 Å². The summed E-state index contributed by atoms with van der Waals surface area (Å²) in [5, 5.41) is 11.3. The Bertz CT molecular complexity index is 825. The van der Waals surface area contributed by atoms with E-state index in [4.69, 9.17) is 16.3 Å². The van der Waals surface area contributed by atoms with Crippen LogP contribution in [0.2, 0.25) is 5.15 Å². The first kappa shape index (κ1) is 15.3. The highest BCUT2D eigenvalue weighted by atomic mass is 35.5. The van der Waals surface area contributed by atoms with E-state index in [9.17, 15) is 0 Å². The highest BCUT2D eigenvalue weighted by molar-refractivity contribution is 6.29. The van der Waals surface area contributed by atoms with Gasteiger partial charge >= 0.3 is 0 Å². The lowest BCUT2D eigenvalue weighted by molar-refractivity contribution is 0.0277. The van der Waals surface area contributed by atoms with Crippen LogP contribution in [0.1, 0.15) is 11.7 Å². The normalized spacial score (nSPS) is 17.8. The molecule has 1 fully saturated rings. The van der Waals surface area contributed by atoms with Crippen molar-refractivity contribution in [3.05, 3.63) is 59.4 Å². The van der Waals surface area contributed by atoms with Crippen LogP contribution in [0.15, 0.2) is 48.7 Å². The van der Waals surface area contributed by atoms with E-state index >= 15 is 0 Å². The minimum Gasteiger partial charge on any atom is -0.371 e.